The van der Waals surface area contributed by atoms with E-state index in [1.807, 2.05) is 0 Å². The fourth-order valence-electron chi connectivity index (χ4n) is 8.63. The molecule has 0 spiro atoms. The summed E-state index contributed by atoms with van der Waals surface area (Å²) in [6, 6.07) is 0. The highest BCUT2D eigenvalue weighted by Gasteiger charge is 2.66. The van der Waals surface area contributed by atoms with Crippen molar-refractivity contribution in [1.29, 1.82) is 0 Å². The minimum absolute atomic E-state index is 0.0802. The Labute approximate surface area is 213 Å². The maximum atomic E-state index is 11.2. The molecular weight excluding hydrogens is 442 g/mol. The second-order valence-corrected chi connectivity index (χ2v) is 12.4. The molecule has 4 rings (SSSR count). The van der Waals surface area contributed by atoms with Crippen LogP contribution in [-0.2, 0) is 14.2 Å². The lowest BCUT2D eigenvalue weighted by molar-refractivity contribution is -0.230. The highest BCUT2D eigenvalue weighted by Crippen LogP contribution is 2.67. The van der Waals surface area contributed by atoms with Crippen LogP contribution in [0.4, 0.5) is 0 Å². The van der Waals surface area contributed by atoms with Crippen molar-refractivity contribution in [1.82, 2.24) is 0 Å². The molecule has 4 saturated carbocycles. The summed E-state index contributed by atoms with van der Waals surface area (Å²) in [5, 5.41) is 11.2. The lowest BCUT2D eigenvalue weighted by Crippen LogP contribution is -2.63. The van der Waals surface area contributed by atoms with Gasteiger partial charge in [0.15, 0.2) is 0 Å². The maximum absolute atomic E-state index is 11.2. The highest BCUT2D eigenvalue weighted by atomic mass is 16.5. The van der Waals surface area contributed by atoms with Gasteiger partial charge in [0.25, 0.3) is 0 Å². The Hall–Kier alpha value is -0.280. The third-order valence-electron chi connectivity index (χ3n) is 10.7. The van der Waals surface area contributed by atoms with Gasteiger partial charge in [-0.3, -0.25) is 0 Å². The first kappa shape index (κ1) is 27.7. The second-order valence-electron chi connectivity index (χ2n) is 12.4. The number of fused-ring (bicyclic) bond motifs is 5. The van der Waals surface area contributed by atoms with Crippen LogP contribution in [0.1, 0.15) is 78.1 Å². The van der Waals surface area contributed by atoms with E-state index in [1.165, 1.54) is 6.42 Å². The molecule has 7 N–H and O–H groups in total. The molecule has 7 heteroatoms. The van der Waals surface area contributed by atoms with Crippen molar-refractivity contribution in [3.63, 3.8) is 0 Å². The van der Waals surface area contributed by atoms with Gasteiger partial charge in [-0.1, -0.05) is 13.8 Å². The van der Waals surface area contributed by atoms with Gasteiger partial charge in [0, 0.05) is 25.2 Å². The lowest BCUT2D eigenvalue weighted by Gasteiger charge is -2.64. The molecule has 0 amide bonds. The average molecular weight is 496 g/mol. The van der Waals surface area contributed by atoms with E-state index >= 15 is 0 Å². The van der Waals surface area contributed by atoms with Gasteiger partial charge in [0.1, 0.15) is 0 Å². The van der Waals surface area contributed by atoms with Gasteiger partial charge in [-0.05, 0) is 113 Å². The number of ether oxygens (including phenoxy) is 3. The smallest absolute Gasteiger partial charge is 0.0659 e. The fraction of sp³-hybridized carbons (Fsp3) is 1.00. The van der Waals surface area contributed by atoms with Crippen LogP contribution in [0.15, 0.2) is 0 Å². The molecule has 0 saturated heterocycles. The molecule has 4 unspecified atom stereocenters. The summed E-state index contributed by atoms with van der Waals surface area (Å²) in [6.07, 6.45) is 10.5. The summed E-state index contributed by atoms with van der Waals surface area (Å²) in [6.45, 7) is 9.01. The monoisotopic (exact) mass is 495 g/mol. The van der Waals surface area contributed by atoms with Crippen molar-refractivity contribution >= 4 is 0 Å². The summed E-state index contributed by atoms with van der Waals surface area (Å²) in [4.78, 5) is 0. The molecule has 0 aromatic heterocycles. The third-order valence-corrected chi connectivity index (χ3v) is 10.7. The first-order valence-electron chi connectivity index (χ1n) is 14.5. The molecule has 4 fully saturated rings. The van der Waals surface area contributed by atoms with Crippen LogP contribution in [0, 0.1) is 34.5 Å². The van der Waals surface area contributed by atoms with Crippen molar-refractivity contribution in [2.45, 2.75) is 102 Å². The van der Waals surface area contributed by atoms with Crippen molar-refractivity contribution in [3.8, 4) is 0 Å². The van der Waals surface area contributed by atoms with Gasteiger partial charge in [-0.2, -0.15) is 0 Å². The number of hydrogen-bond donors (Lipinski definition) is 4. The molecule has 0 heterocycles. The van der Waals surface area contributed by atoms with Gasteiger partial charge < -0.3 is 36.5 Å². The average Bonchev–Trinajstić information content (AvgIpc) is 3.15. The Morgan fingerprint density at radius 1 is 0.771 bits per heavy atom. The molecule has 4 aliphatic carbocycles. The van der Waals surface area contributed by atoms with E-state index in [0.29, 0.717) is 56.0 Å². The van der Waals surface area contributed by atoms with Crippen molar-refractivity contribution < 1.29 is 19.3 Å². The number of hydrogen-bond acceptors (Lipinski definition) is 7. The van der Waals surface area contributed by atoms with Crippen LogP contribution in [0.5, 0.6) is 0 Å². The third kappa shape index (κ3) is 5.34. The molecule has 10 atom stereocenters. The second kappa shape index (κ2) is 12.1. The Bertz CT molecular complexity index is 668. The van der Waals surface area contributed by atoms with Crippen LogP contribution in [0.2, 0.25) is 0 Å². The first-order chi connectivity index (χ1) is 16.9. The Balaban J connectivity index is 1.60. The Morgan fingerprint density at radius 3 is 2.11 bits per heavy atom. The first-order valence-corrected chi connectivity index (χ1v) is 14.5. The summed E-state index contributed by atoms with van der Waals surface area (Å²) >= 11 is 0. The zero-order chi connectivity index (χ0) is 25.1. The highest BCUT2D eigenvalue weighted by molar-refractivity contribution is 5.15. The standard InChI is InChI=1S/C28H53N3O4/c1-27-9-8-20(33-13-3-10-29)16-19(27)17-23(34-14-4-11-30)26-21-6-7-24(32)28(21,2)25(18-22(26)27)35-15-5-12-31/h19-26,32H,3-18,29-31H2,1-2H3/t19?,20-,21+,22+,23-,24?,25+,26?,27+,28?/m1/s1. The van der Waals surface area contributed by atoms with E-state index in [4.69, 9.17) is 31.4 Å². The molecule has 35 heavy (non-hydrogen) atoms. The molecule has 0 aromatic carbocycles. The van der Waals surface area contributed by atoms with Crippen LogP contribution < -0.4 is 17.2 Å². The van der Waals surface area contributed by atoms with E-state index in [0.717, 1.165) is 71.0 Å². The van der Waals surface area contributed by atoms with Gasteiger partial charge in [0.2, 0.25) is 0 Å². The minimum Gasteiger partial charge on any atom is -0.392 e. The summed E-state index contributed by atoms with van der Waals surface area (Å²) in [5.74, 6) is 2.03. The predicted molar refractivity (Wildman–Crippen MR) is 139 cm³/mol. The van der Waals surface area contributed by atoms with E-state index < -0.39 is 0 Å². The largest absolute Gasteiger partial charge is 0.392 e. The maximum Gasteiger partial charge on any atom is 0.0659 e. The molecule has 0 bridgehead atoms. The molecule has 7 nitrogen and oxygen atoms in total. The number of aliphatic hydroxyl groups excluding tert-OH is 1. The predicted octanol–water partition coefficient (Wildman–Crippen LogP) is 2.81. The molecule has 4 aliphatic rings. The zero-order valence-electron chi connectivity index (χ0n) is 22.3. The van der Waals surface area contributed by atoms with Gasteiger partial charge in [-0.15, -0.1) is 0 Å². The van der Waals surface area contributed by atoms with E-state index in [2.05, 4.69) is 13.8 Å². The Kier molecular flexibility index (Phi) is 9.56. The number of nitrogens with two attached hydrogens (primary N) is 3. The molecular formula is C28H53N3O4. The van der Waals surface area contributed by atoms with Crippen LogP contribution in [-0.4, -0.2) is 69.0 Å². The van der Waals surface area contributed by atoms with Gasteiger partial charge in [-0.25, -0.2) is 0 Å². The quantitative estimate of drug-likeness (QED) is 0.307. The summed E-state index contributed by atoms with van der Waals surface area (Å²) in [5.41, 5.74) is 17.3. The topological polar surface area (TPSA) is 126 Å². The molecule has 0 radical (unpaired) electrons. The number of rotatable bonds is 12. The Morgan fingerprint density at radius 2 is 1.43 bits per heavy atom. The SMILES string of the molecule is CC12C(O)CC[C@H]1C1[C@H](OCCCN)CC3C[C@H](OCCCN)CC[C@]3(C)[C@H]1C[C@@H]2OCCCN. The van der Waals surface area contributed by atoms with Crippen LogP contribution >= 0.6 is 0 Å². The molecule has 204 valence electrons. The zero-order valence-corrected chi connectivity index (χ0v) is 22.3. The van der Waals surface area contributed by atoms with Gasteiger partial charge in [0.05, 0.1) is 24.4 Å². The summed E-state index contributed by atoms with van der Waals surface area (Å²) < 4.78 is 19.5. The van der Waals surface area contributed by atoms with Crippen molar-refractivity contribution in [2.24, 2.45) is 51.7 Å². The van der Waals surface area contributed by atoms with Crippen molar-refractivity contribution in [2.75, 3.05) is 39.5 Å². The van der Waals surface area contributed by atoms with E-state index in [9.17, 15) is 5.11 Å². The van der Waals surface area contributed by atoms with E-state index in [-0.39, 0.29) is 29.1 Å². The van der Waals surface area contributed by atoms with Crippen LogP contribution in [0.25, 0.3) is 0 Å². The van der Waals surface area contributed by atoms with Crippen molar-refractivity contribution in [3.05, 3.63) is 0 Å². The summed E-state index contributed by atoms with van der Waals surface area (Å²) in [7, 11) is 0. The molecule has 0 aliphatic heterocycles. The lowest BCUT2D eigenvalue weighted by atomic mass is 9.43. The normalized spacial score (nSPS) is 45.1. The molecule has 0 aromatic rings. The van der Waals surface area contributed by atoms with E-state index in [1.54, 1.807) is 0 Å². The van der Waals surface area contributed by atoms with Crippen LogP contribution in [0.3, 0.4) is 0 Å². The fourth-order valence-corrected chi connectivity index (χ4v) is 8.63. The minimum atomic E-state index is -0.307. The number of aliphatic hydroxyl groups is 1. The van der Waals surface area contributed by atoms with Gasteiger partial charge >= 0.3 is 0 Å².